The van der Waals surface area contributed by atoms with Crippen LogP contribution in [-0.2, 0) is 19.1 Å². The van der Waals surface area contributed by atoms with Crippen LogP contribution in [0, 0.1) is 12.8 Å². The lowest BCUT2D eigenvalue weighted by atomic mass is 9.97. The van der Waals surface area contributed by atoms with Crippen molar-refractivity contribution >= 4 is 40.9 Å². The van der Waals surface area contributed by atoms with Gasteiger partial charge in [-0.05, 0) is 62.3 Å². The van der Waals surface area contributed by atoms with Gasteiger partial charge in [-0.1, -0.05) is 79.7 Å². The minimum Gasteiger partial charge on any atom is -0.496 e. The van der Waals surface area contributed by atoms with Crippen LogP contribution in [0.2, 0.25) is 5.02 Å². The number of benzene rings is 1. The Morgan fingerprint density at radius 2 is 1.60 bits per heavy atom. The zero-order valence-corrected chi connectivity index (χ0v) is 27.5. The Balaban J connectivity index is 0.000000550. The van der Waals surface area contributed by atoms with Crippen LogP contribution < -0.4 is 16.0 Å². The highest BCUT2D eigenvalue weighted by molar-refractivity contribution is 6.31. The van der Waals surface area contributed by atoms with E-state index in [1.54, 1.807) is 7.05 Å². The maximum atomic E-state index is 13.2. The summed E-state index contributed by atoms with van der Waals surface area (Å²) in [5.41, 5.74) is 2.29. The highest BCUT2D eigenvalue weighted by Gasteiger charge is 2.32. The van der Waals surface area contributed by atoms with Crippen molar-refractivity contribution in [3.8, 4) is 0 Å². The average molecular weight is 636 g/mol. The molecule has 0 aromatic heterocycles. The maximum absolute atomic E-state index is 13.2. The van der Waals surface area contributed by atoms with Gasteiger partial charge < -0.3 is 25.6 Å². The number of hydrogen-bond donors (Lipinski definition) is 3. The Morgan fingerprint density at radius 3 is 2.28 bits per heavy atom. The molecule has 1 fully saturated rings. The van der Waals surface area contributed by atoms with Crippen LogP contribution in [0.25, 0.3) is 0 Å². The third-order valence-corrected chi connectivity index (χ3v) is 7.86. The Bertz CT molecular complexity index is 1110. The van der Waals surface area contributed by atoms with Gasteiger partial charge in [-0.2, -0.15) is 0 Å². The SMILES string of the molecule is CC.CN1CC(=O)NCC(=O)NCCCC2=C(CC=C(Cl)C=C2)OCCNC(C2CCCC2)C1=O.Cc1ccc(Cl)cc1. The van der Waals surface area contributed by atoms with Gasteiger partial charge in [-0.3, -0.25) is 14.4 Å². The standard InChI is InChI=1S/C24H35ClN4O4.C7H7Cl.C2H6/c1-29-16-22(31)28-15-21(30)26-12-4-7-17-8-9-19(25)10-11-20(17)33-14-13-27-23(24(29)32)18-5-2-3-6-18;1-6-2-4-7(8)5-3-6;1-2/h8-10,18,23,27H,2-7,11-16H2,1H3,(H,26,30)(H,28,31);2-5H,1H3;1-2H3. The van der Waals surface area contributed by atoms with Crippen molar-refractivity contribution < 1.29 is 19.1 Å². The van der Waals surface area contributed by atoms with Gasteiger partial charge in [0.2, 0.25) is 17.7 Å². The van der Waals surface area contributed by atoms with Crippen molar-refractivity contribution in [2.45, 2.75) is 71.8 Å². The summed E-state index contributed by atoms with van der Waals surface area (Å²) in [5.74, 6) is 0.407. The molecule has 0 saturated heterocycles. The number of nitrogens with zero attached hydrogens (tertiary/aromatic N) is 1. The van der Waals surface area contributed by atoms with Crippen molar-refractivity contribution in [1.82, 2.24) is 20.9 Å². The molecule has 10 heteroatoms. The Kier molecular flexibility index (Phi) is 17.1. The van der Waals surface area contributed by atoms with Gasteiger partial charge in [-0.15, -0.1) is 0 Å². The number of likely N-dealkylation sites (N-methyl/N-ethyl adjacent to an activating group) is 1. The molecule has 3 aliphatic rings. The Hall–Kier alpha value is -2.81. The molecule has 43 heavy (non-hydrogen) atoms. The van der Waals surface area contributed by atoms with Gasteiger partial charge in [-0.25, -0.2) is 0 Å². The summed E-state index contributed by atoms with van der Waals surface area (Å²) in [6.07, 6.45) is 12.0. The number of halogens is 2. The van der Waals surface area contributed by atoms with E-state index in [0.717, 1.165) is 54.9 Å². The van der Waals surface area contributed by atoms with Crippen molar-refractivity contribution in [1.29, 1.82) is 0 Å². The number of allylic oxidation sites excluding steroid dienone is 5. The lowest BCUT2D eigenvalue weighted by Gasteiger charge is -2.28. The molecular formula is C33H48Cl2N4O4. The molecule has 238 valence electrons. The topological polar surface area (TPSA) is 99.8 Å². The molecule has 0 spiro atoms. The third-order valence-electron chi connectivity index (χ3n) is 7.32. The summed E-state index contributed by atoms with van der Waals surface area (Å²) >= 11 is 11.8. The molecule has 1 heterocycles. The van der Waals surface area contributed by atoms with Crippen LogP contribution >= 0.6 is 23.2 Å². The lowest BCUT2D eigenvalue weighted by Crippen LogP contribution is -2.52. The fourth-order valence-corrected chi connectivity index (χ4v) is 5.31. The molecule has 8 nitrogen and oxygen atoms in total. The number of ether oxygens (including phenoxy) is 1. The second-order valence-corrected chi connectivity index (χ2v) is 11.5. The molecule has 3 N–H and O–H groups in total. The number of carbonyl (C=O) groups is 3. The minimum atomic E-state index is -0.354. The number of hydrogen-bond acceptors (Lipinski definition) is 5. The number of carbonyl (C=O) groups excluding carboxylic acids is 3. The first kappa shape index (κ1) is 36.4. The van der Waals surface area contributed by atoms with Crippen LogP contribution in [-0.4, -0.2) is 68.5 Å². The largest absolute Gasteiger partial charge is 0.496 e. The van der Waals surface area contributed by atoms with Crippen LogP contribution in [0.3, 0.4) is 0 Å². The van der Waals surface area contributed by atoms with E-state index in [0.29, 0.717) is 31.1 Å². The van der Waals surface area contributed by atoms with Crippen LogP contribution in [0.15, 0.2) is 58.9 Å². The predicted molar refractivity (Wildman–Crippen MR) is 175 cm³/mol. The molecule has 0 bridgehead atoms. The molecule has 0 radical (unpaired) electrons. The van der Waals surface area contributed by atoms with E-state index in [-0.39, 0.29) is 42.8 Å². The van der Waals surface area contributed by atoms with E-state index in [2.05, 4.69) is 16.0 Å². The monoisotopic (exact) mass is 634 g/mol. The normalized spacial score (nSPS) is 21.3. The van der Waals surface area contributed by atoms with Crippen LogP contribution in [0.4, 0.5) is 0 Å². The first-order valence-corrected chi connectivity index (χ1v) is 16.1. The average Bonchev–Trinajstić information content (AvgIpc) is 3.48. The van der Waals surface area contributed by atoms with E-state index in [1.165, 1.54) is 10.5 Å². The van der Waals surface area contributed by atoms with Crippen molar-refractivity contribution in [3.63, 3.8) is 0 Å². The first-order valence-electron chi connectivity index (χ1n) is 15.4. The fraction of sp³-hybridized carbons (Fsp3) is 0.545. The zero-order chi connectivity index (χ0) is 31.6. The predicted octanol–water partition coefficient (Wildman–Crippen LogP) is 5.65. The molecule has 1 atom stereocenters. The van der Waals surface area contributed by atoms with Gasteiger partial charge >= 0.3 is 0 Å². The smallest absolute Gasteiger partial charge is 0.240 e. The summed E-state index contributed by atoms with van der Waals surface area (Å²) < 4.78 is 6.12. The molecule has 4 rings (SSSR count). The molecule has 1 aromatic carbocycles. The first-order chi connectivity index (χ1) is 20.7. The molecule has 1 unspecified atom stereocenters. The van der Waals surface area contributed by atoms with Gasteiger partial charge in [0.05, 0.1) is 19.1 Å². The van der Waals surface area contributed by atoms with Crippen LogP contribution in [0.5, 0.6) is 0 Å². The van der Waals surface area contributed by atoms with Gasteiger partial charge in [0, 0.05) is 36.6 Å². The van der Waals surface area contributed by atoms with Crippen molar-refractivity contribution in [2.24, 2.45) is 5.92 Å². The highest BCUT2D eigenvalue weighted by atomic mass is 35.5. The minimum absolute atomic E-state index is 0.0802. The molecule has 1 saturated carbocycles. The Morgan fingerprint density at radius 1 is 0.907 bits per heavy atom. The summed E-state index contributed by atoms with van der Waals surface area (Å²) in [4.78, 5) is 39.0. The fourth-order valence-electron chi connectivity index (χ4n) is 5.04. The van der Waals surface area contributed by atoms with Gasteiger partial charge in [0.15, 0.2) is 0 Å². The zero-order valence-electron chi connectivity index (χ0n) is 26.0. The highest BCUT2D eigenvalue weighted by Crippen LogP contribution is 2.29. The Labute approximate surface area is 267 Å². The summed E-state index contributed by atoms with van der Waals surface area (Å²) in [6, 6.07) is 7.39. The van der Waals surface area contributed by atoms with Crippen molar-refractivity contribution in [2.75, 3.05) is 39.8 Å². The molecule has 2 aliphatic carbocycles. The van der Waals surface area contributed by atoms with E-state index >= 15 is 0 Å². The third kappa shape index (κ3) is 13.6. The number of aryl methyl sites for hydroxylation is 1. The molecular weight excluding hydrogens is 587 g/mol. The van der Waals surface area contributed by atoms with Gasteiger partial charge in [0.1, 0.15) is 12.4 Å². The second kappa shape index (κ2) is 20.2. The molecule has 1 aliphatic heterocycles. The maximum Gasteiger partial charge on any atom is 0.240 e. The van der Waals surface area contributed by atoms with Crippen molar-refractivity contribution in [3.05, 3.63) is 69.4 Å². The molecule has 3 amide bonds. The van der Waals surface area contributed by atoms with Gasteiger partial charge in [0.25, 0.3) is 0 Å². The van der Waals surface area contributed by atoms with E-state index in [1.807, 2.05) is 63.3 Å². The lowest BCUT2D eigenvalue weighted by molar-refractivity contribution is -0.137. The quantitative estimate of drug-likeness (QED) is 0.371. The summed E-state index contributed by atoms with van der Waals surface area (Å²) in [7, 11) is 1.63. The van der Waals surface area contributed by atoms with E-state index in [4.69, 9.17) is 27.9 Å². The van der Waals surface area contributed by atoms with E-state index < -0.39 is 0 Å². The number of rotatable bonds is 1. The van der Waals surface area contributed by atoms with Crippen LogP contribution in [0.1, 0.15) is 64.4 Å². The summed E-state index contributed by atoms with van der Waals surface area (Å²) in [5, 5.41) is 10.3. The number of nitrogens with one attached hydrogen (secondary N) is 3. The van der Waals surface area contributed by atoms with E-state index in [9.17, 15) is 14.4 Å². The second-order valence-electron chi connectivity index (χ2n) is 10.6. The summed E-state index contributed by atoms with van der Waals surface area (Å²) in [6.45, 7) is 7.29. The number of amides is 3. The molecule has 1 aromatic rings.